The first-order valence-corrected chi connectivity index (χ1v) is 10.4. The fraction of sp³-hybridized carbons (Fsp3) is 0.0870. The summed E-state index contributed by atoms with van der Waals surface area (Å²) in [6.07, 6.45) is 0. The highest BCUT2D eigenvalue weighted by molar-refractivity contribution is 7.91. The van der Waals surface area contributed by atoms with E-state index in [9.17, 15) is 13.2 Å². The van der Waals surface area contributed by atoms with Crippen molar-refractivity contribution in [3.63, 3.8) is 0 Å². The predicted molar refractivity (Wildman–Crippen MR) is 111 cm³/mol. The van der Waals surface area contributed by atoms with Gasteiger partial charge in [-0.2, -0.15) is 0 Å². The molecule has 0 aliphatic rings. The molecule has 140 valence electrons. The van der Waals surface area contributed by atoms with Crippen molar-refractivity contribution in [1.29, 1.82) is 0 Å². The van der Waals surface area contributed by atoms with Crippen LogP contribution in [-0.2, 0) is 9.84 Å². The number of sulfone groups is 1. The number of rotatable bonds is 3. The SMILES string of the molecule is Cc1ccc(-c2[nH]c3ccccc3c(=O)c2S(=O)(=O)c2ccc(C)cc2)cc1. The largest absolute Gasteiger partial charge is 0.353 e. The van der Waals surface area contributed by atoms with Crippen LogP contribution in [0.2, 0.25) is 0 Å². The Kier molecular flexibility index (Phi) is 4.40. The van der Waals surface area contributed by atoms with Gasteiger partial charge >= 0.3 is 0 Å². The van der Waals surface area contributed by atoms with Crippen molar-refractivity contribution in [3.05, 3.63) is 94.1 Å². The lowest BCUT2D eigenvalue weighted by molar-refractivity contribution is 0.595. The van der Waals surface area contributed by atoms with Crippen LogP contribution in [0, 0.1) is 13.8 Å². The Morgan fingerprint density at radius 2 is 1.32 bits per heavy atom. The molecular weight excluding hydrogens is 370 g/mol. The number of H-pyrrole nitrogens is 1. The van der Waals surface area contributed by atoms with Crippen LogP contribution in [0.25, 0.3) is 22.2 Å². The molecule has 4 aromatic rings. The van der Waals surface area contributed by atoms with Gasteiger partial charge in [0.2, 0.25) is 15.3 Å². The summed E-state index contributed by atoms with van der Waals surface area (Å²) in [6, 6.07) is 20.9. The molecule has 0 aliphatic carbocycles. The van der Waals surface area contributed by atoms with Gasteiger partial charge in [0.25, 0.3) is 0 Å². The van der Waals surface area contributed by atoms with Gasteiger partial charge in [-0.05, 0) is 43.7 Å². The van der Waals surface area contributed by atoms with E-state index < -0.39 is 15.3 Å². The van der Waals surface area contributed by atoms with Crippen molar-refractivity contribution in [1.82, 2.24) is 4.98 Å². The summed E-state index contributed by atoms with van der Waals surface area (Å²) < 4.78 is 26.9. The molecule has 0 saturated heterocycles. The molecule has 0 atom stereocenters. The first-order valence-electron chi connectivity index (χ1n) is 8.92. The van der Waals surface area contributed by atoms with Crippen molar-refractivity contribution >= 4 is 20.7 Å². The van der Waals surface area contributed by atoms with Gasteiger partial charge in [0, 0.05) is 10.9 Å². The molecule has 1 heterocycles. The van der Waals surface area contributed by atoms with Crippen LogP contribution < -0.4 is 5.43 Å². The molecule has 1 N–H and O–H groups in total. The zero-order valence-corrected chi connectivity index (χ0v) is 16.4. The molecular formula is C23H19NO3S. The van der Waals surface area contributed by atoms with Gasteiger partial charge in [0.15, 0.2) is 0 Å². The number of benzene rings is 3. The summed E-state index contributed by atoms with van der Waals surface area (Å²) >= 11 is 0. The molecule has 28 heavy (non-hydrogen) atoms. The quantitative estimate of drug-likeness (QED) is 0.555. The van der Waals surface area contributed by atoms with Gasteiger partial charge < -0.3 is 4.98 Å². The molecule has 4 rings (SSSR count). The number of hydrogen-bond donors (Lipinski definition) is 1. The minimum Gasteiger partial charge on any atom is -0.353 e. The second-order valence-corrected chi connectivity index (χ2v) is 8.77. The maximum atomic E-state index is 13.5. The third-order valence-corrected chi connectivity index (χ3v) is 6.62. The molecule has 0 radical (unpaired) electrons. The van der Waals surface area contributed by atoms with E-state index >= 15 is 0 Å². The molecule has 5 heteroatoms. The lowest BCUT2D eigenvalue weighted by atomic mass is 10.1. The second kappa shape index (κ2) is 6.77. The molecule has 0 amide bonds. The molecule has 0 bridgehead atoms. The molecule has 1 aromatic heterocycles. The van der Waals surface area contributed by atoms with E-state index in [0.29, 0.717) is 22.2 Å². The number of aryl methyl sites for hydroxylation is 2. The fourth-order valence-corrected chi connectivity index (χ4v) is 4.75. The first-order chi connectivity index (χ1) is 13.4. The third-order valence-electron chi connectivity index (χ3n) is 4.80. The first kappa shape index (κ1) is 18.2. The Hall–Kier alpha value is -3.18. The van der Waals surface area contributed by atoms with Crippen LogP contribution in [0.15, 0.2) is 87.4 Å². The monoisotopic (exact) mass is 389 g/mol. The zero-order valence-electron chi connectivity index (χ0n) is 15.6. The Balaban J connectivity index is 2.10. The maximum Gasteiger partial charge on any atom is 0.212 e. The predicted octanol–water partition coefficient (Wildman–Crippen LogP) is 4.64. The van der Waals surface area contributed by atoms with Crippen LogP contribution in [0.4, 0.5) is 0 Å². The van der Waals surface area contributed by atoms with Crippen LogP contribution in [0.5, 0.6) is 0 Å². The average Bonchev–Trinajstić information content (AvgIpc) is 2.68. The van der Waals surface area contributed by atoms with Gasteiger partial charge in [-0.1, -0.05) is 59.7 Å². The summed E-state index contributed by atoms with van der Waals surface area (Å²) in [4.78, 5) is 16.3. The van der Waals surface area contributed by atoms with Crippen molar-refractivity contribution in [3.8, 4) is 11.3 Å². The highest BCUT2D eigenvalue weighted by Crippen LogP contribution is 2.30. The van der Waals surface area contributed by atoms with E-state index in [4.69, 9.17) is 0 Å². The molecule has 0 fully saturated rings. The third kappa shape index (κ3) is 3.04. The van der Waals surface area contributed by atoms with Gasteiger partial charge in [0.05, 0.1) is 10.6 Å². The Bertz CT molecular complexity index is 1330. The Labute approximate surface area is 163 Å². The molecule has 4 nitrogen and oxygen atoms in total. The smallest absolute Gasteiger partial charge is 0.212 e. The summed E-state index contributed by atoms with van der Waals surface area (Å²) in [5.41, 5.74) is 3.07. The number of nitrogens with one attached hydrogen (secondary N) is 1. The number of hydrogen-bond acceptors (Lipinski definition) is 3. The van der Waals surface area contributed by atoms with E-state index in [0.717, 1.165) is 11.1 Å². The lowest BCUT2D eigenvalue weighted by Gasteiger charge is -2.13. The van der Waals surface area contributed by atoms with Gasteiger partial charge in [-0.15, -0.1) is 0 Å². The van der Waals surface area contributed by atoms with Gasteiger partial charge in [-0.25, -0.2) is 8.42 Å². The molecule has 3 aromatic carbocycles. The van der Waals surface area contributed by atoms with E-state index in [1.54, 1.807) is 30.3 Å². The van der Waals surface area contributed by atoms with E-state index in [1.807, 2.05) is 44.2 Å². The van der Waals surface area contributed by atoms with Crippen molar-refractivity contribution in [2.24, 2.45) is 0 Å². The highest BCUT2D eigenvalue weighted by atomic mass is 32.2. The molecule has 0 saturated carbocycles. The van der Waals surface area contributed by atoms with Crippen LogP contribution in [-0.4, -0.2) is 13.4 Å². The molecule has 0 spiro atoms. The fourth-order valence-electron chi connectivity index (χ4n) is 3.23. The van der Waals surface area contributed by atoms with E-state index in [2.05, 4.69) is 4.98 Å². The van der Waals surface area contributed by atoms with Crippen molar-refractivity contribution in [2.45, 2.75) is 23.6 Å². The average molecular weight is 389 g/mol. The zero-order chi connectivity index (χ0) is 19.9. The summed E-state index contributed by atoms with van der Waals surface area (Å²) in [5.74, 6) is 0. The minimum atomic E-state index is -4.01. The summed E-state index contributed by atoms with van der Waals surface area (Å²) in [6.45, 7) is 3.84. The number of para-hydroxylation sites is 1. The van der Waals surface area contributed by atoms with Crippen LogP contribution >= 0.6 is 0 Å². The number of aromatic amines is 1. The maximum absolute atomic E-state index is 13.5. The normalized spacial score (nSPS) is 11.6. The molecule has 0 unspecified atom stereocenters. The van der Waals surface area contributed by atoms with Gasteiger partial charge in [0.1, 0.15) is 4.90 Å². The number of fused-ring (bicyclic) bond motifs is 1. The van der Waals surface area contributed by atoms with Crippen molar-refractivity contribution in [2.75, 3.05) is 0 Å². The van der Waals surface area contributed by atoms with Crippen LogP contribution in [0.3, 0.4) is 0 Å². The topological polar surface area (TPSA) is 67.0 Å². The Morgan fingerprint density at radius 3 is 1.96 bits per heavy atom. The lowest BCUT2D eigenvalue weighted by Crippen LogP contribution is -2.18. The van der Waals surface area contributed by atoms with E-state index in [-0.39, 0.29) is 9.79 Å². The van der Waals surface area contributed by atoms with Crippen molar-refractivity contribution < 1.29 is 8.42 Å². The standard InChI is InChI=1S/C23H19NO3S/c1-15-7-11-17(12-8-15)21-23(22(25)19-5-3-4-6-20(19)24-21)28(26,27)18-13-9-16(2)10-14-18/h3-14H,1-2H3,(H,24,25). The second-order valence-electron chi connectivity index (χ2n) is 6.89. The minimum absolute atomic E-state index is 0.104. The summed E-state index contributed by atoms with van der Waals surface area (Å²) in [5, 5.41) is 0.351. The highest BCUT2D eigenvalue weighted by Gasteiger charge is 2.27. The number of pyridine rings is 1. The molecule has 0 aliphatic heterocycles. The summed E-state index contributed by atoms with van der Waals surface area (Å²) in [7, 11) is -4.01. The van der Waals surface area contributed by atoms with Crippen LogP contribution in [0.1, 0.15) is 11.1 Å². The number of aromatic nitrogens is 1. The van der Waals surface area contributed by atoms with Gasteiger partial charge in [-0.3, -0.25) is 4.79 Å². The van der Waals surface area contributed by atoms with E-state index in [1.165, 1.54) is 12.1 Å². The Morgan fingerprint density at radius 1 is 0.750 bits per heavy atom.